The van der Waals surface area contributed by atoms with E-state index in [1.165, 1.54) is 12.1 Å². The molecule has 0 atom stereocenters. The topological polar surface area (TPSA) is 34.1 Å². The van der Waals surface area contributed by atoms with Gasteiger partial charge in [0.25, 0.3) is 0 Å². The molecule has 3 nitrogen and oxygen atoms in total. The third-order valence-electron chi connectivity index (χ3n) is 2.47. The van der Waals surface area contributed by atoms with Crippen LogP contribution in [0.5, 0.6) is 5.75 Å². The lowest BCUT2D eigenvalue weighted by atomic mass is 10.2. The normalized spacial score (nSPS) is 11.3. The van der Waals surface area contributed by atoms with Gasteiger partial charge in [-0.1, -0.05) is 17.7 Å². The third kappa shape index (κ3) is 4.78. The monoisotopic (exact) mass is 380 g/mol. The number of halogens is 5. The zero-order chi connectivity index (χ0) is 15.5. The van der Waals surface area contributed by atoms with Crippen molar-refractivity contribution < 1.29 is 17.9 Å². The number of nitrogens with one attached hydrogen (secondary N) is 1. The van der Waals surface area contributed by atoms with Crippen LogP contribution in [0.25, 0.3) is 0 Å². The van der Waals surface area contributed by atoms with E-state index in [4.69, 9.17) is 11.6 Å². The van der Waals surface area contributed by atoms with Crippen LogP contribution >= 0.6 is 27.5 Å². The second-order valence-electron chi connectivity index (χ2n) is 4.02. The van der Waals surface area contributed by atoms with E-state index < -0.39 is 6.36 Å². The molecule has 0 aliphatic heterocycles. The molecule has 0 fully saturated rings. The molecule has 0 unspecified atom stereocenters. The van der Waals surface area contributed by atoms with Crippen molar-refractivity contribution in [2.75, 3.05) is 5.32 Å². The minimum Gasteiger partial charge on any atom is -0.405 e. The predicted octanol–water partition coefficient (Wildman–Crippen LogP) is 5.01. The summed E-state index contributed by atoms with van der Waals surface area (Å²) >= 11 is 9.01. The first-order valence-corrected chi connectivity index (χ1v) is 6.90. The third-order valence-corrected chi connectivity index (χ3v) is 3.42. The van der Waals surface area contributed by atoms with E-state index in [1.54, 1.807) is 24.5 Å². The molecule has 2 aromatic rings. The highest BCUT2D eigenvalue weighted by Gasteiger charge is 2.31. The van der Waals surface area contributed by atoms with Crippen LogP contribution in [-0.4, -0.2) is 11.3 Å². The van der Waals surface area contributed by atoms with E-state index in [1.807, 2.05) is 0 Å². The Morgan fingerprint density at radius 2 is 2.05 bits per heavy atom. The summed E-state index contributed by atoms with van der Waals surface area (Å²) in [5.41, 5.74) is 1.40. The van der Waals surface area contributed by atoms with Gasteiger partial charge in [-0.2, -0.15) is 0 Å². The molecule has 1 aromatic heterocycles. The fourth-order valence-corrected chi connectivity index (χ4v) is 2.25. The molecule has 1 aromatic carbocycles. The predicted molar refractivity (Wildman–Crippen MR) is 77.4 cm³/mol. The Hall–Kier alpha value is -1.47. The molecule has 1 N–H and O–H groups in total. The number of anilines is 1. The number of benzene rings is 1. The van der Waals surface area contributed by atoms with Crippen LogP contribution in [0.2, 0.25) is 5.02 Å². The molecule has 0 aliphatic carbocycles. The van der Waals surface area contributed by atoms with Gasteiger partial charge >= 0.3 is 6.36 Å². The van der Waals surface area contributed by atoms with E-state index in [2.05, 4.69) is 31.0 Å². The largest absolute Gasteiger partial charge is 0.573 e. The first kappa shape index (κ1) is 15.9. The van der Waals surface area contributed by atoms with Crippen molar-refractivity contribution in [2.45, 2.75) is 12.9 Å². The van der Waals surface area contributed by atoms with Crippen molar-refractivity contribution in [3.8, 4) is 5.75 Å². The summed E-state index contributed by atoms with van der Waals surface area (Å²) in [4.78, 5) is 3.93. The molecule has 0 saturated carbocycles. The summed E-state index contributed by atoms with van der Waals surface area (Å²) in [7, 11) is 0. The Morgan fingerprint density at radius 3 is 2.67 bits per heavy atom. The number of aromatic nitrogens is 1. The molecule has 0 spiro atoms. The quantitative estimate of drug-likeness (QED) is 0.808. The Labute approximate surface area is 132 Å². The van der Waals surface area contributed by atoms with Gasteiger partial charge in [-0.3, -0.25) is 4.98 Å². The molecule has 0 radical (unpaired) electrons. The van der Waals surface area contributed by atoms with Gasteiger partial charge in [-0.25, -0.2) is 0 Å². The second-order valence-corrected chi connectivity index (χ2v) is 5.28. The van der Waals surface area contributed by atoms with Gasteiger partial charge in [0, 0.05) is 12.7 Å². The summed E-state index contributed by atoms with van der Waals surface area (Å²) in [6.45, 7) is 0.385. The summed E-state index contributed by atoms with van der Waals surface area (Å²) in [6, 6.07) is 5.96. The van der Waals surface area contributed by atoms with Gasteiger partial charge in [0.15, 0.2) is 0 Å². The lowest BCUT2D eigenvalue weighted by Gasteiger charge is -2.12. The van der Waals surface area contributed by atoms with E-state index >= 15 is 0 Å². The molecule has 2 rings (SSSR count). The van der Waals surface area contributed by atoms with Crippen molar-refractivity contribution in [1.29, 1.82) is 0 Å². The zero-order valence-corrected chi connectivity index (χ0v) is 12.8. The first-order valence-electron chi connectivity index (χ1n) is 5.73. The van der Waals surface area contributed by atoms with E-state index in [9.17, 15) is 13.2 Å². The fourth-order valence-electron chi connectivity index (χ4n) is 1.57. The van der Waals surface area contributed by atoms with E-state index in [0.717, 1.165) is 5.56 Å². The van der Waals surface area contributed by atoms with Crippen LogP contribution in [0.4, 0.5) is 18.9 Å². The van der Waals surface area contributed by atoms with Crippen molar-refractivity contribution in [3.63, 3.8) is 0 Å². The number of ether oxygens (including phenoxy) is 1. The zero-order valence-electron chi connectivity index (χ0n) is 10.4. The maximum atomic E-state index is 12.2. The maximum Gasteiger partial charge on any atom is 0.573 e. The Bertz CT molecular complexity index is 637. The fraction of sp³-hybridized carbons (Fsp3) is 0.154. The molecule has 0 aliphatic rings. The number of hydrogen-bond acceptors (Lipinski definition) is 3. The van der Waals surface area contributed by atoms with Crippen LogP contribution in [0, 0.1) is 0 Å². The number of rotatable bonds is 4. The van der Waals surface area contributed by atoms with Crippen LogP contribution in [0.1, 0.15) is 5.56 Å². The summed E-state index contributed by atoms with van der Waals surface area (Å²) in [5, 5.41) is 3.56. The summed E-state index contributed by atoms with van der Waals surface area (Å²) in [6.07, 6.45) is -1.59. The number of pyridine rings is 1. The van der Waals surface area contributed by atoms with Gasteiger partial charge in [0.05, 0.1) is 21.4 Å². The Balaban J connectivity index is 2.05. The van der Waals surface area contributed by atoms with Crippen molar-refractivity contribution in [1.82, 2.24) is 4.98 Å². The molecule has 1 heterocycles. The summed E-state index contributed by atoms with van der Waals surface area (Å²) < 4.78 is 40.6. The molecule has 112 valence electrons. The van der Waals surface area contributed by atoms with Gasteiger partial charge in [0.1, 0.15) is 5.75 Å². The second kappa shape index (κ2) is 6.53. The van der Waals surface area contributed by atoms with Gasteiger partial charge in [0.2, 0.25) is 0 Å². The number of nitrogens with zero attached hydrogens (tertiary/aromatic N) is 1. The average molecular weight is 382 g/mol. The smallest absolute Gasteiger partial charge is 0.405 e. The number of alkyl halides is 3. The van der Waals surface area contributed by atoms with Crippen LogP contribution < -0.4 is 10.1 Å². The molecule has 0 amide bonds. The maximum absolute atomic E-state index is 12.2. The Morgan fingerprint density at radius 1 is 1.29 bits per heavy atom. The molecule has 0 saturated heterocycles. The minimum atomic E-state index is -4.72. The lowest BCUT2D eigenvalue weighted by Crippen LogP contribution is -2.17. The Kier molecular flexibility index (Phi) is 4.95. The standard InChI is InChI=1S/C13H9BrClF3N2O/c14-9-5-8(1-2-12(9)21-13(16,17)18)6-20-11-7-19-4-3-10(11)15/h1-5,7,20H,6H2. The lowest BCUT2D eigenvalue weighted by molar-refractivity contribution is -0.274. The minimum absolute atomic E-state index is 0.219. The van der Waals surface area contributed by atoms with Crippen LogP contribution in [-0.2, 0) is 6.54 Å². The van der Waals surface area contributed by atoms with Gasteiger partial charge in [-0.15, -0.1) is 13.2 Å². The van der Waals surface area contributed by atoms with Gasteiger partial charge in [-0.05, 0) is 39.7 Å². The SMILES string of the molecule is FC(F)(F)Oc1ccc(CNc2cnccc2Cl)cc1Br. The molecule has 8 heteroatoms. The molecule has 21 heavy (non-hydrogen) atoms. The van der Waals surface area contributed by atoms with Gasteiger partial charge < -0.3 is 10.1 Å². The average Bonchev–Trinajstić information content (AvgIpc) is 2.39. The van der Waals surface area contributed by atoms with Crippen molar-refractivity contribution in [3.05, 3.63) is 51.7 Å². The molecular weight excluding hydrogens is 373 g/mol. The van der Waals surface area contributed by atoms with E-state index in [0.29, 0.717) is 17.3 Å². The molecule has 0 bridgehead atoms. The van der Waals surface area contributed by atoms with E-state index in [-0.39, 0.29) is 10.2 Å². The highest BCUT2D eigenvalue weighted by molar-refractivity contribution is 9.10. The highest BCUT2D eigenvalue weighted by Crippen LogP contribution is 2.31. The first-order chi connectivity index (χ1) is 9.85. The number of hydrogen-bond donors (Lipinski definition) is 1. The summed E-state index contributed by atoms with van der Waals surface area (Å²) in [5.74, 6) is -0.286. The van der Waals surface area contributed by atoms with Crippen molar-refractivity contribution >= 4 is 33.2 Å². The van der Waals surface area contributed by atoms with Crippen LogP contribution in [0.15, 0.2) is 41.1 Å². The molecular formula is C13H9BrClF3N2O. The highest BCUT2D eigenvalue weighted by atomic mass is 79.9. The van der Waals surface area contributed by atoms with Crippen molar-refractivity contribution in [2.24, 2.45) is 0 Å². The van der Waals surface area contributed by atoms with Crippen LogP contribution in [0.3, 0.4) is 0 Å².